The lowest BCUT2D eigenvalue weighted by Crippen LogP contribution is -1.97. The molecule has 18 heavy (non-hydrogen) atoms. The highest BCUT2D eigenvalue weighted by Gasteiger charge is 2.14. The van der Waals surface area contributed by atoms with Gasteiger partial charge in [-0.3, -0.25) is 10.1 Å². The maximum absolute atomic E-state index is 10.7. The second-order valence-corrected chi connectivity index (χ2v) is 4.10. The van der Waals surface area contributed by atoms with Crippen LogP contribution in [0.3, 0.4) is 0 Å². The van der Waals surface area contributed by atoms with Crippen molar-refractivity contribution >= 4 is 18.3 Å². The second kappa shape index (κ2) is 5.55. The van der Waals surface area contributed by atoms with Gasteiger partial charge in [-0.15, -0.1) is 12.6 Å². The summed E-state index contributed by atoms with van der Waals surface area (Å²) in [7, 11) is 0. The molecule has 5 heteroatoms. The third-order valence-corrected chi connectivity index (χ3v) is 2.86. The number of thiol groups is 1. The molecule has 0 amide bonds. The van der Waals surface area contributed by atoms with Crippen molar-refractivity contribution in [3.63, 3.8) is 0 Å². The monoisotopic (exact) mass is 261 g/mol. The van der Waals surface area contributed by atoms with E-state index in [1.807, 2.05) is 30.3 Å². The molecule has 2 aromatic rings. The lowest BCUT2D eigenvalue weighted by atomic mass is 10.2. The zero-order chi connectivity index (χ0) is 13.0. The predicted octanol–water partition coefficient (Wildman–Crippen LogP) is 3.46. The van der Waals surface area contributed by atoms with E-state index in [1.54, 1.807) is 12.1 Å². The summed E-state index contributed by atoms with van der Waals surface area (Å²) in [6, 6.07) is 14.2. The lowest BCUT2D eigenvalue weighted by molar-refractivity contribution is -0.387. The predicted molar refractivity (Wildman–Crippen MR) is 71.1 cm³/mol. The standard InChI is InChI=1S/C13H11NO3S/c15-14(16)11-7-4-8-12(13(11)18)17-9-10-5-2-1-3-6-10/h1-8,18H,9H2. The number of nitro groups is 1. The van der Waals surface area contributed by atoms with Crippen LogP contribution in [0.15, 0.2) is 53.4 Å². The van der Waals surface area contributed by atoms with Crippen LogP contribution in [-0.2, 0) is 6.61 Å². The number of nitrogens with zero attached hydrogens (tertiary/aromatic N) is 1. The summed E-state index contributed by atoms with van der Waals surface area (Å²) in [5.41, 5.74) is 0.945. The minimum absolute atomic E-state index is 0.0519. The van der Waals surface area contributed by atoms with Crippen LogP contribution in [0, 0.1) is 10.1 Å². The maximum atomic E-state index is 10.7. The van der Waals surface area contributed by atoms with Gasteiger partial charge in [0.1, 0.15) is 17.3 Å². The molecule has 0 atom stereocenters. The molecule has 0 spiro atoms. The van der Waals surface area contributed by atoms with Crippen LogP contribution in [0.25, 0.3) is 0 Å². The third-order valence-electron chi connectivity index (χ3n) is 2.41. The first-order valence-electron chi connectivity index (χ1n) is 5.31. The van der Waals surface area contributed by atoms with Crippen molar-refractivity contribution in [2.24, 2.45) is 0 Å². The molecule has 0 aliphatic rings. The van der Waals surface area contributed by atoms with Gasteiger partial charge in [0.25, 0.3) is 5.69 Å². The number of hydrogen-bond donors (Lipinski definition) is 1. The third kappa shape index (κ3) is 2.81. The fraction of sp³-hybridized carbons (Fsp3) is 0.0769. The van der Waals surface area contributed by atoms with E-state index in [0.717, 1.165) is 5.56 Å². The van der Waals surface area contributed by atoms with Gasteiger partial charge in [-0.05, 0) is 11.6 Å². The highest BCUT2D eigenvalue weighted by atomic mass is 32.1. The molecular formula is C13H11NO3S. The number of rotatable bonds is 4. The minimum atomic E-state index is -0.474. The molecule has 0 N–H and O–H groups in total. The SMILES string of the molecule is O=[N+]([O-])c1cccc(OCc2ccccc2)c1S. The topological polar surface area (TPSA) is 52.4 Å². The molecule has 0 saturated carbocycles. The Bertz CT molecular complexity index is 557. The maximum Gasteiger partial charge on any atom is 0.286 e. The Morgan fingerprint density at radius 2 is 1.83 bits per heavy atom. The molecular weight excluding hydrogens is 250 g/mol. The Morgan fingerprint density at radius 3 is 2.50 bits per heavy atom. The van der Waals surface area contributed by atoms with Gasteiger partial charge in [0.2, 0.25) is 0 Å². The summed E-state index contributed by atoms with van der Waals surface area (Å²) in [5.74, 6) is 0.413. The largest absolute Gasteiger partial charge is 0.487 e. The van der Waals surface area contributed by atoms with E-state index < -0.39 is 4.92 Å². The van der Waals surface area contributed by atoms with Crippen LogP contribution < -0.4 is 4.74 Å². The molecule has 0 aromatic heterocycles. The first-order chi connectivity index (χ1) is 8.68. The van der Waals surface area contributed by atoms with Gasteiger partial charge in [0, 0.05) is 6.07 Å². The van der Waals surface area contributed by atoms with Crippen molar-refractivity contribution in [2.45, 2.75) is 11.5 Å². The van der Waals surface area contributed by atoms with Crippen LogP contribution >= 0.6 is 12.6 Å². The normalized spacial score (nSPS) is 10.1. The summed E-state index contributed by atoms with van der Waals surface area (Å²) >= 11 is 4.13. The summed E-state index contributed by atoms with van der Waals surface area (Å²) in [6.07, 6.45) is 0. The number of nitro benzene ring substituents is 1. The minimum Gasteiger partial charge on any atom is -0.487 e. The van der Waals surface area contributed by atoms with Gasteiger partial charge < -0.3 is 4.74 Å². The molecule has 0 unspecified atom stereocenters. The quantitative estimate of drug-likeness (QED) is 0.521. The molecule has 0 fully saturated rings. The molecule has 0 bridgehead atoms. The molecule has 92 valence electrons. The molecule has 0 saturated heterocycles. The first kappa shape index (κ1) is 12.4. The van der Waals surface area contributed by atoms with Gasteiger partial charge in [0.15, 0.2) is 0 Å². The fourth-order valence-electron chi connectivity index (χ4n) is 1.51. The first-order valence-corrected chi connectivity index (χ1v) is 5.76. The Balaban J connectivity index is 2.15. The Morgan fingerprint density at radius 1 is 1.11 bits per heavy atom. The van der Waals surface area contributed by atoms with Gasteiger partial charge in [-0.25, -0.2) is 0 Å². The zero-order valence-electron chi connectivity index (χ0n) is 9.45. The van der Waals surface area contributed by atoms with Gasteiger partial charge in [-0.1, -0.05) is 36.4 Å². The van der Waals surface area contributed by atoms with Crippen LogP contribution in [0.1, 0.15) is 5.56 Å². The van der Waals surface area contributed by atoms with Gasteiger partial charge in [0.05, 0.1) is 4.92 Å². The number of benzene rings is 2. The van der Waals surface area contributed by atoms with Crippen molar-refractivity contribution in [3.05, 3.63) is 64.2 Å². The molecule has 0 aliphatic carbocycles. The average Bonchev–Trinajstić information content (AvgIpc) is 2.38. The molecule has 0 heterocycles. The Hall–Kier alpha value is -2.01. The zero-order valence-corrected chi connectivity index (χ0v) is 10.3. The van der Waals surface area contributed by atoms with Crippen LogP contribution in [0.5, 0.6) is 5.75 Å². The molecule has 0 aliphatic heterocycles. The molecule has 2 rings (SSSR count). The number of hydrogen-bond acceptors (Lipinski definition) is 4. The van der Waals surface area contributed by atoms with Crippen molar-refractivity contribution < 1.29 is 9.66 Å². The molecule has 2 aromatic carbocycles. The van der Waals surface area contributed by atoms with E-state index in [4.69, 9.17) is 4.74 Å². The van der Waals surface area contributed by atoms with Gasteiger partial charge in [-0.2, -0.15) is 0 Å². The lowest BCUT2D eigenvalue weighted by Gasteiger charge is -2.08. The Kier molecular flexibility index (Phi) is 3.84. The summed E-state index contributed by atoms with van der Waals surface area (Å²) in [5, 5.41) is 10.7. The van der Waals surface area contributed by atoms with E-state index in [1.165, 1.54) is 6.07 Å². The van der Waals surface area contributed by atoms with Crippen molar-refractivity contribution in [1.82, 2.24) is 0 Å². The number of ether oxygens (including phenoxy) is 1. The fourth-order valence-corrected chi connectivity index (χ4v) is 1.81. The highest BCUT2D eigenvalue weighted by Crippen LogP contribution is 2.32. The second-order valence-electron chi connectivity index (χ2n) is 3.66. The summed E-state index contributed by atoms with van der Waals surface area (Å²) < 4.78 is 5.53. The van der Waals surface area contributed by atoms with Gasteiger partial charge >= 0.3 is 0 Å². The Labute approximate surface area is 110 Å². The van der Waals surface area contributed by atoms with E-state index >= 15 is 0 Å². The van der Waals surface area contributed by atoms with Crippen molar-refractivity contribution in [2.75, 3.05) is 0 Å². The van der Waals surface area contributed by atoms with Crippen LogP contribution in [-0.4, -0.2) is 4.92 Å². The molecule has 4 nitrogen and oxygen atoms in total. The van der Waals surface area contributed by atoms with E-state index in [0.29, 0.717) is 12.4 Å². The van der Waals surface area contributed by atoms with E-state index in [9.17, 15) is 10.1 Å². The smallest absolute Gasteiger partial charge is 0.286 e. The summed E-state index contributed by atoms with van der Waals surface area (Å²) in [4.78, 5) is 10.5. The van der Waals surface area contributed by atoms with Crippen LogP contribution in [0.2, 0.25) is 0 Å². The van der Waals surface area contributed by atoms with E-state index in [-0.39, 0.29) is 10.6 Å². The van der Waals surface area contributed by atoms with Crippen molar-refractivity contribution in [1.29, 1.82) is 0 Å². The van der Waals surface area contributed by atoms with Crippen molar-refractivity contribution in [3.8, 4) is 5.75 Å². The summed E-state index contributed by atoms with van der Waals surface area (Å²) in [6.45, 7) is 0.357. The molecule has 0 radical (unpaired) electrons. The van der Waals surface area contributed by atoms with E-state index in [2.05, 4.69) is 12.6 Å². The van der Waals surface area contributed by atoms with Crippen LogP contribution in [0.4, 0.5) is 5.69 Å². The average molecular weight is 261 g/mol. The highest BCUT2D eigenvalue weighted by molar-refractivity contribution is 7.80.